The van der Waals surface area contributed by atoms with E-state index < -0.39 is 12.3 Å². The summed E-state index contributed by atoms with van der Waals surface area (Å²) in [6.07, 6.45) is 30.2. The highest BCUT2D eigenvalue weighted by Gasteiger charge is 2.31. The summed E-state index contributed by atoms with van der Waals surface area (Å²) in [5.41, 5.74) is 6.78. The first kappa shape index (κ1) is 38.4. The highest BCUT2D eigenvalue weighted by molar-refractivity contribution is 6.29. The SMILES string of the molecule is CC/C=C\C/C=C\C/C=C\C/C=C\C/C=C\CCCC(=O)NCCOCCNC(=O)OCC1CCC(n2c(Cl)nc3c(N)ncnc32)O1. The van der Waals surface area contributed by atoms with E-state index in [9.17, 15) is 9.59 Å². The summed E-state index contributed by atoms with van der Waals surface area (Å²) in [6, 6.07) is 0. The lowest BCUT2D eigenvalue weighted by Gasteiger charge is -2.16. The number of nitrogens with zero attached hydrogens (tertiary/aromatic N) is 4. The van der Waals surface area contributed by atoms with Crippen molar-refractivity contribution >= 4 is 40.6 Å². The maximum Gasteiger partial charge on any atom is 0.407 e. The minimum atomic E-state index is -0.557. The molecular weight excluding hydrogens is 634 g/mol. The third-order valence-corrected chi connectivity index (χ3v) is 7.52. The van der Waals surface area contributed by atoms with E-state index in [1.165, 1.54) is 6.33 Å². The Labute approximate surface area is 288 Å². The zero-order valence-electron chi connectivity index (χ0n) is 27.9. The lowest BCUT2D eigenvalue weighted by atomic mass is 10.2. The Morgan fingerprint density at radius 2 is 1.60 bits per heavy atom. The van der Waals surface area contributed by atoms with E-state index in [0.29, 0.717) is 50.2 Å². The standard InChI is InChI=1S/C35H50ClN7O5/c1-2-3-4-5-6-7-8-9-10-11-12-13-14-15-16-17-18-19-29(44)38-22-24-46-25-23-39-35(45)47-26-28-20-21-30(48-28)43-33-31(42-34(43)36)32(37)40-27-41-33/h3-4,6-7,9-10,12-13,15-16,27-28,30H,2,5,8,11,14,17-26H2,1H3,(H,38,44)(H,39,45)(H2,37,40,41)/b4-3-,7-6-,10-9-,13-12-,16-15-. The van der Waals surface area contributed by atoms with Crippen molar-refractivity contribution in [2.45, 2.75) is 83.5 Å². The molecule has 48 heavy (non-hydrogen) atoms. The molecule has 2 atom stereocenters. The number of rotatable bonds is 22. The van der Waals surface area contributed by atoms with Gasteiger partial charge in [0.25, 0.3) is 0 Å². The van der Waals surface area contributed by atoms with Gasteiger partial charge >= 0.3 is 6.09 Å². The van der Waals surface area contributed by atoms with Crippen LogP contribution >= 0.6 is 11.6 Å². The van der Waals surface area contributed by atoms with Gasteiger partial charge in [-0.2, -0.15) is 0 Å². The molecule has 2 aromatic heterocycles. The molecule has 0 aromatic carbocycles. The number of amides is 2. The average Bonchev–Trinajstić information content (AvgIpc) is 3.68. The van der Waals surface area contributed by atoms with Crippen molar-refractivity contribution < 1.29 is 23.8 Å². The number of aromatic nitrogens is 4. The molecule has 0 bridgehead atoms. The second-order valence-corrected chi connectivity index (χ2v) is 11.4. The van der Waals surface area contributed by atoms with Crippen LogP contribution in [0.25, 0.3) is 11.2 Å². The van der Waals surface area contributed by atoms with Crippen molar-refractivity contribution in [1.82, 2.24) is 30.2 Å². The van der Waals surface area contributed by atoms with Crippen LogP contribution in [0.15, 0.2) is 67.1 Å². The molecule has 2 aromatic rings. The van der Waals surface area contributed by atoms with Gasteiger partial charge in [-0.15, -0.1) is 0 Å². The van der Waals surface area contributed by atoms with Crippen LogP contribution in [0.5, 0.6) is 0 Å². The third kappa shape index (κ3) is 14.8. The molecule has 13 heteroatoms. The van der Waals surface area contributed by atoms with Gasteiger partial charge in [-0.25, -0.2) is 19.7 Å². The van der Waals surface area contributed by atoms with Crippen LogP contribution in [0, 0.1) is 0 Å². The van der Waals surface area contributed by atoms with Gasteiger partial charge in [-0.1, -0.05) is 67.7 Å². The number of carbonyl (C=O) groups is 2. The monoisotopic (exact) mass is 683 g/mol. The number of nitrogen functional groups attached to an aromatic ring is 1. The number of anilines is 1. The van der Waals surface area contributed by atoms with Crippen molar-refractivity contribution in [2.75, 3.05) is 38.6 Å². The van der Waals surface area contributed by atoms with Gasteiger partial charge < -0.3 is 30.6 Å². The Morgan fingerprint density at radius 1 is 0.958 bits per heavy atom. The number of ether oxygens (including phenoxy) is 3. The molecule has 1 saturated heterocycles. The van der Waals surface area contributed by atoms with Gasteiger partial charge in [0.05, 0.1) is 19.3 Å². The topological polar surface area (TPSA) is 156 Å². The Balaban J connectivity index is 1.11. The Morgan fingerprint density at radius 3 is 2.29 bits per heavy atom. The number of unbranched alkanes of at least 4 members (excludes halogenated alkanes) is 1. The van der Waals surface area contributed by atoms with Crippen LogP contribution in [-0.4, -0.2) is 70.5 Å². The van der Waals surface area contributed by atoms with E-state index in [1.807, 2.05) is 0 Å². The molecule has 262 valence electrons. The number of imidazole rings is 1. The Hall–Kier alpha value is -4.00. The molecule has 0 radical (unpaired) electrons. The fourth-order valence-corrected chi connectivity index (χ4v) is 5.07. The second kappa shape index (κ2) is 23.3. The number of fused-ring (bicyclic) bond motifs is 1. The number of nitrogens with one attached hydrogen (secondary N) is 2. The normalized spacial score (nSPS) is 16.9. The number of carbonyl (C=O) groups excluding carboxylic acids is 2. The average molecular weight is 684 g/mol. The van der Waals surface area contributed by atoms with E-state index in [2.05, 4.69) is 93.3 Å². The highest BCUT2D eigenvalue weighted by Crippen LogP contribution is 2.34. The van der Waals surface area contributed by atoms with E-state index in [-0.39, 0.29) is 36.3 Å². The predicted octanol–water partition coefficient (Wildman–Crippen LogP) is 6.52. The van der Waals surface area contributed by atoms with Gasteiger partial charge in [-0.05, 0) is 69.4 Å². The highest BCUT2D eigenvalue weighted by atomic mass is 35.5. The Kier molecular flexibility index (Phi) is 18.7. The third-order valence-electron chi connectivity index (χ3n) is 7.25. The van der Waals surface area contributed by atoms with Crippen molar-refractivity contribution in [2.24, 2.45) is 0 Å². The summed E-state index contributed by atoms with van der Waals surface area (Å²) in [6.45, 7) is 3.60. The zero-order valence-corrected chi connectivity index (χ0v) is 28.7. The maximum absolute atomic E-state index is 12.1. The molecule has 0 spiro atoms. The minimum absolute atomic E-state index is 0.00456. The number of alkyl carbamates (subject to hydrolysis) is 1. The van der Waals surface area contributed by atoms with Gasteiger partial charge in [0.1, 0.15) is 19.2 Å². The molecule has 0 saturated carbocycles. The van der Waals surface area contributed by atoms with E-state index in [1.54, 1.807) is 4.57 Å². The van der Waals surface area contributed by atoms with Crippen LogP contribution in [0.4, 0.5) is 10.6 Å². The van der Waals surface area contributed by atoms with Gasteiger partial charge in [0, 0.05) is 19.5 Å². The Bertz CT molecular complexity index is 1410. The van der Waals surface area contributed by atoms with Crippen molar-refractivity contribution in [1.29, 1.82) is 0 Å². The summed E-state index contributed by atoms with van der Waals surface area (Å²) in [4.78, 5) is 36.5. The molecule has 1 fully saturated rings. The molecule has 2 amide bonds. The molecule has 4 N–H and O–H groups in total. The minimum Gasteiger partial charge on any atom is -0.447 e. The predicted molar refractivity (Wildman–Crippen MR) is 189 cm³/mol. The fourth-order valence-electron chi connectivity index (χ4n) is 4.80. The second-order valence-electron chi connectivity index (χ2n) is 11.1. The van der Waals surface area contributed by atoms with E-state index in [4.69, 9.17) is 31.5 Å². The number of hydrogen-bond acceptors (Lipinski definition) is 9. The number of allylic oxidation sites excluding steroid dienone is 10. The molecule has 2 unspecified atom stereocenters. The van der Waals surface area contributed by atoms with Crippen LogP contribution in [0.2, 0.25) is 5.28 Å². The quantitative estimate of drug-likeness (QED) is 0.0714. The zero-order chi connectivity index (χ0) is 34.2. The molecule has 1 aliphatic heterocycles. The number of nitrogens with two attached hydrogens (primary N) is 1. The molecule has 1 aliphatic rings. The molecule has 3 rings (SSSR count). The number of hydrogen-bond donors (Lipinski definition) is 3. The number of halogens is 1. The van der Waals surface area contributed by atoms with Crippen molar-refractivity contribution in [3.05, 3.63) is 72.4 Å². The van der Waals surface area contributed by atoms with Gasteiger partial charge in [0.2, 0.25) is 11.2 Å². The lowest BCUT2D eigenvalue weighted by Crippen LogP contribution is -2.31. The van der Waals surface area contributed by atoms with E-state index >= 15 is 0 Å². The lowest BCUT2D eigenvalue weighted by molar-refractivity contribution is -0.121. The first-order valence-corrected chi connectivity index (χ1v) is 17.2. The molecule has 3 heterocycles. The fraction of sp³-hybridized carbons (Fsp3) is 0.514. The van der Waals surface area contributed by atoms with Crippen LogP contribution < -0.4 is 16.4 Å². The molecular formula is C35H50ClN7O5. The van der Waals surface area contributed by atoms with E-state index in [0.717, 1.165) is 44.9 Å². The largest absolute Gasteiger partial charge is 0.447 e. The summed E-state index contributed by atoms with van der Waals surface area (Å²) < 4.78 is 18.5. The summed E-state index contributed by atoms with van der Waals surface area (Å²) >= 11 is 6.30. The summed E-state index contributed by atoms with van der Waals surface area (Å²) in [5.74, 6) is 0.248. The first-order chi connectivity index (χ1) is 23.5. The van der Waals surface area contributed by atoms with Gasteiger partial charge in [-0.3, -0.25) is 9.36 Å². The van der Waals surface area contributed by atoms with Gasteiger partial charge in [0.15, 0.2) is 17.0 Å². The summed E-state index contributed by atoms with van der Waals surface area (Å²) in [5, 5.41) is 5.70. The van der Waals surface area contributed by atoms with Crippen LogP contribution in [-0.2, 0) is 19.0 Å². The van der Waals surface area contributed by atoms with Crippen LogP contribution in [0.3, 0.4) is 0 Å². The molecule has 0 aliphatic carbocycles. The molecule has 12 nitrogen and oxygen atoms in total. The summed E-state index contributed by atoms with van der Waals surface area (Å²) in [7, 11) is 0. The smallest absolute Gasteiger partial charge is 0.407 e. The maximum atomic E-state index is 12.1. The van der Waals surface area contributed by atoms with Crippen molar-refractivity contribution in [3.63, 3.8) is 0 Å². The van der Waals surface area contributed by atoms with Crippen molar-refractivity contribution in [3.8, 4) is 0 Å². The first-order valence-electron chi connectivity index (χ1n) is 16.8. The van der Waals surface area contributed by atoms with Crippen LogP contribution in [0.1, 0.15) is 77.4 Å².